The molecule has 1 nitrogen and oxygen atoms in total. The van der Waals surface area contributed by atoms with Gasteiger partial charge in [-0.1, -0.05) is 61.0 Å². The molecule has 2 rings (SSSR count). The zero-order valence-corrected chi connectivity index (χ0v) is 12.1. The molecule has 0 spiro atoms. The third-order valence-electron chi connectivity index (χ3n) is 4.01. The predicted molar refractivity (Wildman–Crippen MR) is 82.5 cm³/mol. The quantitative estimate of drug-likeness (QED) is 0.882. The van der Waals surface area contributed by atoms with Crippen LogP contribution in [0.1, 0.15) is 29.2 Å². The van der Waals surface area contributed by atoms with Crippen molar-refractivity contribution in [3.63, 3.8) is 0 Å². The highest BCUT2D eigenvalue weighted by molar-refractivity contribution is 5.34. The molecule has 19 heavy (non-hydrogen) atoms. The maximum absolute atomic E-state index is 6.09. The lowest BCUT2D eigenvalue weighted by molar-refractivity contribution is 0.479. The van der Waals surface area contributed by atoms with Gasteiger partial charge in [-0.2, -0.15) is 0 Å². The second-order valence-electron chi connectivity index (χ2n) is 5.74. The molecule has 0 fully saturated rings. The number of rotatable bonds is 4. The van der Waals surface area contributed by atoms with Crippen molar-refractivity contribution in [3.8, 4) is 0 Å². The van der Waals surface area contributed by atoms with Crippen LogP contribution in [0.25, 0.3) is 0 Å². The molecule has 0 amide bonds. The van der Waals surface area contributed by atoms with E-state index in [4.69, 9.17) is 5.73 Å². The van der Waals surface area contributed by atoms with Gasteiger partial charge in [-0.3, -0.25) is 0 Å². The Balaban J connectivity index is 2.36. The minimum absolute atomic E-state index is 0.00185. The smallest absolute Gasteiger partial charge is 0.00877 e. The summed E-state index contributed by atoms with van der Waals surface area (Å²) in [7, 11) is 0. The van der Waals surface area contributed by atoms with Gasteiger partial charge >= 0.3 is 0 Å². The van der Waals surface area contributed by atoms with Crippen molar-refractivity contribution in [1.82, 2.24) is 0 Å². The van der Waals surface area contributed by atoms with E-state index in [0.29, 0.717) is 6.54 Å². The van der Waals surface area contributed by atoms with Crippen LogP contribution in [0.15, 0.2) is 48.5 Å². The second-order valence-corrected chi connectivity index (χ2v) is 5.74. The van der Waals surface area contributed by atoms with Crippen molar-refractivity contribution in [3.05, 3.63) is 70.8 Å². The van der Waals surface area contributed by atoms with Gasteiger partial charge in [0.05, 0.1) is 0 Å². The van der Waals surface area contributed by atoms with Crippen molar-refractivity contribution < 1.29 is 0 Å². The number of aryl methyl sites for hydroxylation is 2. The molecule has 0 heterocycles. The van der Waals surface area contributed by atoms with Crippen LogP contribution in [-0.4, -0.2) is 6.54 Å². The van der Waals surface area contributed by atoms with Crippen LogP contribution >= 0.6 is 0 Å². The monoisotopic (exact) mass is 253 g/mol. The first-order valence-corrected chi connectivity index (χ1v) is 6.87. The zero-order valence-electron chi connectivity index (χ0n) is 12.1. The largest absolute Gasteiger partial charge is 0.330 e. The van der Waals surface area contributed by atoms with Crippen LogP contribution in [0.4, 0.5) is 0 Å². The van der Waals surface area contributed by atoms with Crippen LogP contribution in [0.5, 0.6) is 0 Å². The molecule has 100 valence electrons. The Hall–Kier alpha value is -1.60. The summed E-state index contributed by atoms with van der Waals surface area (Å²) in [5.74, 6) is 0. The lowest BCUT2D eigenvalue weighted by Crippen LogP contribution is -2.34. The van der Waals surface area contributed by atoms with Crippen molar-refractivity contribution in [2.45, 2.75) is 32.6 Å². The van der Waals surface area contributed by atoms with E-state index < -0.39 is 0 Å². The molecule has 0 radical (unpaired) electrons. The van der Waals surface area contributed by atoms with Crippen LogP contribution in [-0.2, 0) is 11.8 Å². The van der Waals surface area contributed by atoms with Crippen molar-refractivity contribution >= 4 is 0 Å². The molecule has 0 aliphatic rings. The van der Waals surface area contributed by atoms with Gasteiger partial charge in [0, 0.05) is 12.0 Å². The first-order chi connectivity index (χ1) is 9.05. The Morgan fingerprint density at radius 3 is 2.37 bits per heavy atom. The van der Waals surface area contributed by atoms with Gasteiger partial charge in [0.2, 0.25) is 0 Å². The Morgan fingerprint density at radius 2 is 1.74 bits per heavy atom. The first-order valence-electron chi connectivity index (χ1n) is 6.87. The molecule has 1 heteroatoms. The van der Waals surface area contributed by atoms with Gasteiger partial charge < -0.3 is 5.73 Å². The highest BCUT2D eigenvalue weighted by Gasteiger charge is 2.26. The summed E-state index contributed by atoms with van der Waals surface area (Å²) >= 11 is 0. The van der Waals surface area contributed by atoms with E-state index >= 15 is 0 Å². The number of hydrogen-bond acceptors (Lipinski definition) is 1. The van der Waals surface area contributed by atoms with Crippen molar-refractivity contribution in [2.75, 3.05) is 6.54 Å². The zero-order chi connectivity index (χ0) is 13.9. The first kappa shape index (κ1) is 13.8. The minimum Gasteiger partial charge on any atom is -0.330 e. The van der Waals surface area contributed by atoms with E-state index in [1.54, 1.807) is 0 Å². The lowest BCUT2D eigenvalue weighted by atomic mass is 9.76. The molecule has 1 unspecified atom stereocenters. The molecule has 2 N–H and O–H groups in total. The van der Waals surface area contributed by atoms with E-state index in [1.807, 2.05) is 0 Å². The van der Waals surface area contributed by atoms with Gasteiger partial charge in [0.25, 0.3) is 0 Å². The normalized spacial score (nSPS) is 14.1. The Kier molecular flexibility index (Phi) is 4.06. The van der Waals surface area contributed by atoms with Gasteiger partial charge in [-0.05, 0) is 37.0 Å². The predicted octanol–water partition coefficient (Wildman–Crippen LogP) is 3.76. The number of nitrogens with two attached hydrogens (primary N) is 1. The fourth-order valence-electron chi connectivity index (χ4n) is 2.54. The van der Waals surface area contributed by atoms with E-state index in [1.165, 1.54) is 22.3 Å². The van der Waals surface area contributed by atoms with E-state index in [9.17, 15) is 0 Å². The van der Waals surface area contributed by atoms with Crippen LogP contribution in [0, 0.1) is 13.8 Å². The lowest BCUT2D eigenvalue weighted by Gasteiger charge is -2.30. The fourth-order valence-corrected chi connectivity index (χ4v) is 2.54. The molecule has 2 aromatic carbocycles. The summed E-state index contributed by atoms with van der Waals surface area (Å²) in [5, 5.41) is 0. The summed E-state index contributed by atoms with van der Waals surface area (Å²) in [6.45, 7) is 7.22. The van der Waals surface area contributed by atoms with Gasteiger partial charge in [-0.15, -0.1) is 0 Å². The maximum atomic E-state index is 6.09. The highest BCUT2D eigenvalue weighted by Crippen LogP contribution is 2.28. The van der Waals surface area contributed by atoms with E-state index in [-0.39, 0.29) is 5.41 Å². The minimum atomic E-state index is -0.00185. The molecule has 0 aliphatic heterocycles. The Morgan fingerprint density at radius 1 is 1.00 bits per heavy atom. The summed E-state index contributed by atoms with van der Waals surface area (Å²) < 4.78 is 0. The summed E-state index contributed by atoms with van der Waals surface area (Å²) in [6.07, 6.45) is 0.986. The highest BCUT2D eigenvalue weighted by atomic mass is 14.6. The molecule has 0 bridgehead atoms. The van der Waals surface area contributed by atoms with Gasteiger partial charge in [0.1, 0.15) is 0 Å². The number of benzene rings is 2. The third-order valence-corrected chi connectivity index (χ3v) is 4.01. The maximum Gasteiger partial charge on any atom is 0.00877 e. The topological polar surface area (TPSA) is 26.0 Å². The van der Waals surface area contributed by atoms with Gasteiger partial charge in [0.15, 0.2) is 0 Å². The Bertz CT molecular complexity index is 559. The van der Waals surface area contributed by atoms with Crippen LogP contribution < -0.4 is 5.73 Å². The average Bonchev–Trinajstić information content (AvgIpc) is 2.41. The van der Waals surface area contributed by atoms with Crippen molar-refractivity contribution in [1.29, 1.82) is 0 Å². The molecule has 0 aromatic heterocycles. The molecule has 0 saturated carbocycles. The Labute approximate surface area is 116 Å². The van der Waals surface area contributed by atoms with E-state index in [0.717, 1.165) is 6.42 Å². The molecule has 1 atom stereocenters. The average molecular weight is 253 g/mol. The van der Waals surface area contributed by atoms with Crippen molar-refractivity contribution in [2.24, 2.45) is 5.73 Å². The van der Waals surface area contributed by atoms with Crippen LogP contribution in [0.3, 0.4) is 0 Å². The molecular formula is C18H23N. The van der Waals surface area contributed by atoms with Crippen LogP contribution in [0.2, 0.25) is 0 Å². The summed E-state index contributed by atoms with van der Waals surface area (Å²) in [5.41, 5.74) is 11.4. The SMILES string of the molecule is Cc1cccc(C(C)(CN)Cc2ccccc2C)c1. The molecule has 0 aliphatic carbocycles. The van der Waals surface area contributed by atoms with Gasteiger partial charge in [-0.25, -0.2) is 0 Å². The molecule has 0 saturated heterocycles. The molecular weight excluding hydrogens is 230 g/mol. The second kappa shape index (κ2) is 5.58. The number of hydrogen-bond donors (Lipinski definition) is 1. The summed E-state index contributed by atoms with van der Waals surface area (Å²) in [6, 6.07) is 17.3. The fraction of sp³-hybridized carbons (Fsp3) is 0.333. The van der Waals surface area contributed by atoms with E-state index in [2.05, 4.69) is 69.3 Å². The third kappa shape index (κ3) is 3.05. The standard InChI is InChI=1S/C18H23N/c1-14-7-6-10-17(11-14)18(3,13-19)12-16-9-5-4-8-15(16)2/h4-11H,12-13,19H2,1-3H3. The summed E-state index contributed by atoms with van der Waals surface area (Å²) in [4.78, 5) is 0. The molecule has 2 aromatic rings.